The smallest absolute Gasteiger partial charge is 0.0827 e. The lowest BCUT2D eigenvalue weighted by Crippen LogP contribution is -2.27. The van der Waals surface area contributed by atoms with E-state index >= 15 is 0 Å². The minimum atomic E-state index is -1.03. The van der Waals surface area contributed by atoms with Crippen molar-refractivity contribution in [1.82, 2.24) is 0 Å². The van der Waals surface area contributed by atoms with Gasteiger partial charge in [-0.2, -0.15) is 0 Å². The first kappa shape index (κ1) is 20.1. The van der Waals surface area contributed by atoms with Gasteiger partial charge in [0.15, 0.2) is 0 Å². The fraction of sp³-hybridized carbons (Fsp3) is 0.700. The van der Waals surface area contributed by atoms with Crippen molar-refractivity contribution in [3.8, 4) is 0 Å². The summed E-state index contributed by atoms with van der Waals surface area (Å²) in [6.07, 6.45) is 9.06. The molecule has 4 atom stereocenters. The van der Waals surface area contributed by atoms with Gasteiger partial charge in [-0.05, 0) is 51.9 Å². The lowest BCUT2D eigenvalue weighted by atomic mass is 9.86. The van der Waals surface area contributed by atoms with E-state index in [9.17, 15) is 15.3 Å². The van der Waals surface area contributed by atoms with Gasteiger partial charge in [-0.3, -0.25) is 0 Å². The van der Waals surface area contributed by atoms with E-state index in [1.54, 1.807) is 13.0 Å². The first-order valence-corrected chi connectivity index (χ1v) is 8.71. The zero-order chi connectivity index (χ0) is 17.6. The van der Waals surface area contributed by atoms with E-state index in [2.05, 4.69) is 26.8 Å². The van der Waals surface area contributed by atoms with Crippen LogP contribution in [0, 0.1) is 11.8 Å². The number of allylic oxidation sites excluding steroid dienone is 2. The summed E-state index contributed by atoms with van der Waals surface area (Å²) in [6, 6.07) is 0. The molecule has 0 aliphatic heterocycles. The Labute approximate surface area is 141 Å². The molecule has 0 aromatic rings. The second-order valence-corrected chi connectivity index (χ2v) is 7.73. The molecule has 0 heterocycles. The quantitative estimate of drug-likeness (QED) is 0.644. The molecule has 0 bridgehead atoms. The molecule has 132 valence electrons. The Balaban J connectivity index is 3.05. The minimum absolute atomic E-state index is 0.261. The minimum Gasteiger partial charge on any atom is -0.389 e. The monoisotopic (exact) mass is 322 g/mol. The highest BCUT2D eigenvalue weighted by Crippen LogP contribution is 2.25. The summed E-state index contributed by atoms with van der Waals surface area (Å²) >= 11 is 0. The number of hydrogen-bond acceptors (Lipinski definition) is 3. The summed E-state index contributed by atoms with van der Waals surface area (Å²) in [5, 5.41) is 30.8. The Bertz CT molecular complexity index is 458. The van der Waals surface area contributed by atoms with Crippen LogP contribution < -0.4 is 0 Å². The largest absolute Gasteiger partial charge is 0.389 e. The van der Waals surface area contributed by atoms with E-state index in [-0.39, 0.29) is 6.42 Å². The Morgan fingerprint density at radius 2 is 1.70 bits per heavy atom. The average molecular weight is 322 g/mol. The van der Waals surface area contributed by atoms with E-state index in [0.29, 0.717) is 18.3 Å². The maximum absolute atomic E-state index is 10.5. The van der Waals surface area contributed by atoms with Gasteiger partial charge in [0.2, 0.25) is 0 Å². The third-order valence-corrected chi connectivity index (χ3v) is 4.54. The third kappa shape index (κ3) is 7.96. The normalized spacial score (nSPS) is 40.7. The van der Waals surface area contributed by atoms with Gasteiger partial charge in [0.05, 0.1) is 17.8 Å². The summed E-state index contributed by atoms with van der Waals surface area (Å²) in [5.41, 5.74) is 1.09. The van der Waals surface area contributed by atoms with Crippen LogP contribution in [-0.4, -0.2) is 33.1 Å². The topological polar surface area (TPSA) is 60.7 Å². The van der Waals surface area contributed by atoms with Gasteiger partial charge in [0.1, 0.15) is 0 Å². The summed E-state index contributed by atoms with van der Waals surface area (Å²) in [7, 11) is 0. The van der Waals surface area contributed by atoms with E-state index in [4.69, 9.17) is 0 Å². The van der Waals surface area contributed by atoms with Gasteiger partial charge >= 0.3 is 0 Å². The first-order valence-electron chi connectivity index (χ1n) is 8.71. The molecule has 0 saturated heterocycles. The first-order chi connectivity index (χ1) is 10.6. The summed E-state index contributed by atoms with van der Waals surface area (Å²) in [4.78, 5) is 0. The molecule has 0 aromatic heterocycles. The maximum atomic E-state index is 10.5. The maximum Gasteiger partial charge on any atom is 0.0827 e. The van der Waals surface area contributed by atoms with Gasteiger partial charge in [-0.1, -0.05) is 49.3 Å². The van der Waals surface area contributed by atoms with Crippen molar-refractivity contribution in [2.75, 3.05) is 0 Å². The van der Waals surface area contributed by atoms with Gasteiger partial charge in [-0.15, -0.1) is 0 Å². The van der Waals surface area contributed by atoms with Gasteiger partial charge in [-0.25, -0.2) is 0 Å². The zero-order valence-corrected chi connectivity index (χ0v) is 15.3. The molecule has 1 rings (SSSR count). The van der Waals surface area contributed by atoms with Crippen LogP contribution in [0.5, 0.6) is 0 Å². The number of aliphatic hydroxyl groups is 3. The number of aliphatic hydroxyl groups excluding tert-OH is 2. The van der Waals surface area contributed by atoms with E-state index in [0.717, 1.165) is 18.4 Å². The molecule has 1 aliphatic rings. The molecule has 0 fully saturated rings. The molecule has 23 heavy (non-hydrogen) atoms. The zero-order valence-electron chi connectivity index (χ0n) is 15.3. The van der Waals surface area contributed by atoms with Crippen molar-refractivity contribution in [2.24, 2.45) is 11.8 Å². The van der Waals surface area contributed by atoms with Crippen LogP contribution in [0.15, 0.2) is 35.5 Å². The Morgan fingerprint density at radius 1 is 1.09 bits per heavy atom. The van der Waals surface area contributed by atoms with Crippen molar-refractivity contribution in [1.29, 1.82) is 0 Å². The van der Waals surface area contributed by atoms with Gasteiger partial charge < -0.3 is 15.3 Å². The highest BCUT2D eigenvalue weighted by Gasteiger charge is 2.22. The SMILES string of the molecule is C/C1=C\[C@@H](O)C/C(C)=C/[C@H](O)C[C@](C)(O)/C=C/[C@H](C(C)C)CC1. The molecule has 0 radical (unpaired) electrons. The highest BCUT2D eigenvalue weighted by molar-refractivity contribution is 5.12. The average Bonchev–Trinajstić information content (AvgIpc) is 2.35. The van der Waals surface area contributed by atoms with Crippen LogP contribution in [-0.2, 0) is 0 Å². The van der Waals surface area contributed by atoms with Crippen LogP contribution in [0.3, 0.4) is 0 Å². The molecule has 3 N–H and O–H groups in total. The van der Waals surface area contributed by atoms with Crippen molar-refractivity contribution in [3.05, 3.63) is 35.5 Å². The number of hydrogen-bond donors (Lipinski definition) is 3. The van der Waals surface area contributed by atoms with Crippen molar-refractivity contribution < 1.29 is 15.3 Å². The van der Waals surface area contributed by atoms with Crippen LogP contribution in [0.2, 0.25) is 0 Å². The van der Waals surface area contributed by atoms with Crippen LogP contribution >= 0.6 is 0 Å². The molecular formula is C20H34O3. The van der Waals surface area contributed by atoms with Gasteiger partial charge in [0.25, 0.3) is 0 Å². The molecule has 0 saturated carbocycles. The summed E-state index contributed by atoms with van der Waals surface area (Å²) < 4.78 is 0. The Morgan fingerprint density at radius 3 is 2.30 bits per heavy atom. The second kappa shape index (κ2) is 8.81. The van der Waals surface area contributed by atoms with Crippen molar-refractivity contribution >= 4 is 0 Å². The molecule has 3 nitrogen and oxygen atoms in total. The fourth-order valence-electron chi connectivity index (χ4n) is 3.12. The van der Waals surface area contributed by atoms with Gasteiger partial charge in [0, 0.05) is 6.42 Å². The summed E-state index contributed by atoms with van der Waals surface area (Å²) in [5.74, 6) is 0.860. The molecule has 1 aliphatic carbocycles. The third-order valence-electron chi connectivity index (χ3n) is 4.54. The fourth-order valence-corrected chi connectivity index (χ4v) is 3.12. The molecule has 3 heteroatoms. The predicted octanol–water partition coefficient (Wildman–Crippen LogP) is 3.75. The Kier molecular flexibility index (Phi) is 7.72. The lowest BCUT2D eigenvalue weighted by molar-refractivity contribution is 0.0564. The standard InChI is InChI=1S/C20H34O3/c1-14(2)17-7-6-15(3)10-18(21)11-16(4)12-19(22)13-20(5,23)9-8-17/h8-10,12,14,17-19,21-23H,6-7,11,13H2,1-5H3/b9-8+,15-10+,16-12+/t17-,18-,19+,20-/m1/s1. The molecule has 0 amide bonds. The van der Waals surface area contributed by atoms with Crippen molar-refractivity contribution in [3.63, 3.8) is 0 Å². The van der Waals surface area contributed by atoms with E-state index in [1.165, 1.54) is 5.57 Å². The van der Waals surface area contributed by atoms with E-state index < -0.39 is 17.8 Å². The lowest BCUT2D eigenvalue weighted by Gasteiger charge is -2.24. The van der Waals surface area contributed by atoms with E-state index in [1.807, 2.05) is 19.1 Å². The second-order valence-electron chi connectivity index (χ2n) is 7.73. The van der Waals surface area contributed by atoms with Crippen LogP contribution in [0.4, 0.5) is 0 Å². The summed E-state index contributed by atoms with van der Waals surface area (Å²) in [6.45, 7) is 10.1. The molecular weight excluding hydrogens is 288 g/mol. The number of rotatable bonds is 1. The van der Waals surface area contributed by atoms with Crippen molar-refractivity contribution in [2.45, 2.75) is 78.1 Å². The Hall–Kier alpha value is -0.900. The van der Waals surface area contributed by atoms with Crippen LogP contribution in [0.1, 0.15) is 60.3 Å². The molecule has 0 spiro atoms. The highest BCUT2D eigenvalue weighted by atomic mass is 16.3. The predicted molar refractivity (Wildman–Crippen MR) is 96.1 cm³/mol. The molecule has 0 unspecified atom stereocenters. The van der Waals surface area contributed by atoms with Crippen LogP contribution in [0.25, 0.3) is 0 Å². The molecule has 0 aromatic carbocycles.